The van der Waals surface area contributed by atoms with E-state index in [2.05, 4.69) is 133 Å². The molecular formula is C35H23NO. The highest BCUT2D eigenvalue weighted by molar-refractivity contribution is 5.93. The Hall–Kier alpha value is -4.82. The topological polar surface area (TPSA) is 21.3 Å². The monoisotopic (exact) mass is 473 g/mol. The Morgan fingerprint density at radius 1 is 0.432 bits per heavy atom. The van der Waals surface area contributed by atoms with Gasteiger partial charge in [0.15, 0.2) is 0 Å². The molecule has 2 aliphatic rings. The van der Waals surface area contributed by atoms with Crippen LogP contribution in [0.15, 0.2) is 133 Å². The number of rotatable bonds is 2. The molecule has 6 aromatic rings. The highest BCUT2D eigenvalue weighted by atomic mass is 16.5. The van der Waals surface area contributed by atoms with Crippen molar-refractivity contribution < 1.29 is 4.74 Å². The number of hydrogen-bond acceptors (Lipinski definition) is 2. The summed E-state index contributed by atoms with van der Waals surface area (Å²) in [4.78, 5) is 0. The molecule has 0 fully saturated rings. The Labute approximate surface area is 215 Å². The number of anilines is 2. The van der Waals surface area contributed by atoms with Crippen LogP contribution in [-0.2, 0) is 5.41 Å². The molecule has 0 aromatic heterocycles. The van der Waals surface area contributed by atoms with E-state index in [1.807, 2.05) is 6.07 Å². The smallest absolute Gasteiger partial charge is 0.132 e. The maximum absolute atomic E-state index is 6.68. The fourth-order valence-corrected chi connectivity index (χ4v) is 6.35. The van der Waals surface area contributed by atoms with E-state index in [0.717, 1.165) is 28.4 Å². The highest BCUT2D eigenvalue weighted by Crippen LogP contribution is 2.62. The summed E-state index contributed by atoms with van der Waals surface area (Å²) in [6.45, 7) is 0. The Morgan fingerprint density at radius 3 is 1.76 bits per heavy atom. The average Bonchev–Trinajstić information content (AvgIpc) is 3.24. The van der Waals surface area contributed by atoms with Crippen molar-refractivity contribution in [1.82, 2.24) is 0 Å². The minimum Gasteiger partial charge on any atom is -0.457 e. The zero-order valence-electron chi connectivity index (χ0n) is 20.1. The molecule has 8 rings (SSSR count). The van der Waals surface area contributed by atoms with E-state index >= 15 is 0 Å². The fraction of sp³-hybridized carbons (Fsp3) is 0.0286. The summed E-state index contributed by atoms with van der Waals surface area (Å²) < 4.78 is 6.68. The lowest BCUT2D eigenvalue weighted by Crippen LogP contribution is -2.32. The van der Waals surface area contributed by atoms with Gasteiger partial charge < -0.3 is 10.1 Å². The molecule has 1 spiro atoms. The molecule has 1 N–H and O–H groups in total. The summed E-state index contributed by atoms with van der Waals surface area (Å²) in [7, 11) is 0. The lowest BCUT2D eigenvalue weighted by Gasteiger charge is -2.40. The Kier molecular flexibility index (Phi) is 4.18. The molecule has 0 amide bonds. The number of benzene rings is 6. The van der Waals surface area contributed by atoms with Gasteiger partial charge in [-0.25, -0.2) is 0 Å². The zero-order chi connectivity index (χ0) is 24.4. The quantitative estimate of drug-likeness (QED) is 0.270. The molecule has 1 heterocycles. The van der Waals surface area contributed by atoms with Crippen molar-refractivity contribution in [3.8, 4) is 22.6 Å². The third-order valence-corrected chi connectivity index (χ3v) is 7.87. The van der Waals surface area contributed by atoms with Crippen molar-refractivity contribution in [2.45, 2.75) is 5.41 Å². The predicted molar refractivity (Wildman–Crippen MR) is 151 cm³/mol. The molecule has 174 valence electrons. The van der Waals surface area contributed by atoms with Crippen molar-refractivity contribution in [3.63, 3.8) is 0 Å². The second kappa shape index (κ2) is 7.59. The molecule has 0 saturated heterocycles. The van der Waals surface area contributed by atoms with E-state index in [-0.39, 0.29) is 0 Å². The molecule has 2 heteroatoms. The first-order valence-corrected chi connectivity index (χ1v) is 12.7. The molecule has 6 aromatic carbocycles. The van der Waals surface area contributed by atoms with Gasteiger partial charge in [0, 0.05) is 22.5 Å². The third kappa shape index (κ3) is 2.81. The van der Waals surface area contributed by atoms with E-state index in [1.54, 1.807) is 0 Å². The molecule has 37 heavy (non-hydrogen) atoms. The number of nitrogens with one attached hydrogen (secondary N) is 1. The Morgan fingerprint density at radius 2 is 1.03 bits per heavy atom. The number of para-hydroxylation sites is 1. The van der Waals surface area contributed by atoms with Gasteiger partial charge in [0.05, 0.1) is 5.41 Å². The summed E-state index contributed by atoms with van der Waals surface area (Å²) in [5.41, 5.74) is 9.14. The summed E-state index contributed by atoms with van der Waals surface area (Å²) in [5.74, 6) is 1.81. The Balaban J connectivity index is 1.48. The van der Waals surface area contributed by atoms with E-state index < -0.39 is 5.41 Å². The molecule has 0 saturated carbocycles. The maximum Gasteiger partial charge on any atom is 0.132 e. The molecule has 1 aliphatic heterocycles. The van der Waals surface area contributed by atoms with Crippen molar-refractivity contribution in [2.75, 3.05) is 5.32 Å². The van der Waals surface area contributed by atoms with Gasteiger partial charge in [-0.3, -0.25) is 0 Å². The van der Waals surface area contributed by atoms with Gasteiger partial charge in [-0.05, 0) is 75.5 Å². The number of hydrogen-bond donors (Lipinski definition) is 1. The molecule has 0 radical (unpaired) electrons. The minimum atomic E-state index is -0.478. The highest BCUT2D eigenvalue weighted by Gasteiger charge is 2.51. The van der Waals surface area contributed by atoms with E-state index in [1.165, 1.54) is 38.6 Å². The van der Waals surface area contributed by atoms with Crippen LogP contribution in [0, 0.1) is 0 Å². The first-order chi connectivity index (χ1) is 18.3. The first-order valence-electron chi connectivity index (χ1n) is 12.7. The van der Waals surface area contributed by atoms with Crippen molar-refractivity contribution in [3.05, 3.63) is 156 Å². The van der Waals surface area contributed by atoms with E-state index in [0.29, 0.717) is 0 Å². The van der Waals surface area contributed by atoms with Gasteiger partial charge in [-0.15, -0.1) is 0 Å². The molecular weight excluding hydrogens is 450 g/mol. The van der Waals surface area contributed by atoms with Gasteiger partial charge >= 0.3 is 0 Å². The van der Waals surface area contributed by atoms with Crippen molar-refractivity contribution in [1.29, 1.82) is 0 Å². The van der Waals surface area contributed by atoms with Crippen LogP contribution >= 0.6 is 0 Å². The summed E-state index contributed by atoms with van der Waals surface area (Å²) >= 11 is 0. The SMILES string of the molecule is c1ccc(Nc2ccc3c(c2)C2(c4cc5ccccc5cc4O3)c3ccccc3-c3ccccc32)cc1. The zero-order valence-corrected chi connectivity index (χ0v) is 20.1. The first kappa shape index (κ1) is 20.4. The van der Waals surface area contributed by atoms with Crippen LogP contribution in [0.25, 0.3) is 21.9 Å². The normalized spacial score (nSPS) is 13.8. The number of fused-ring (bicyclic) bond motifs is 10. The van der Waals surface area contributed by atoms with Crippen molar-refractivity contribution in [2.24, 2.45) is 0 Å². The maximum atomic E-state index is 6.68. The lowest BCUT2D eigenvalue weighted by molar-refractivity contribution is 0.437. The molecule has 0 bridgehead atoms. The molecule has 1 aliphatic carbocycles. The van der Waals surface area contributed by atoms with Gasteiger partial charge in [0.2, 0.25) is 0 Å². The Bertz CT molecular complexity index is 1790. The van der Waals surface area contributed by atoms with Crippen LogP contribution in [0.2, 0.25) is 0 Å². The van der Waals surface area contributed by atoms with Crippen LogP contribution in [0.4, 0.5) is 11.4 Å². The second-order valence-corrected chi connectivity index (χ2v) is 9.84. The van der Waals surface area contributed by atoms with Crippen LogP contribution in [0.3, 0.4) is 0 Å². The van der Waals surface area contributed by atoms with Crippen molar-refractivity contribution >= 4 is 22.1 Å². The lowest BCUT2D eigenvalue weighted by atomic mass is 9.65. The fourth-order valence-electron chi connectivity index (χ4n) is 6.35. The molecule has 0 unspecified atom stereocenters. The van der Waals surface area contributed by atoms with Crippen LogP contribution in [0.1, 0.15) is 22.3 Å². The third-order valence-electron chi connectivity index (χ3n) is 7.87. The molecule has 0 atom stereocenters. The van der Waals surface area contributed by atoms with Crippen LogP contribution in [-0.4, -0.2) is 0 Å². The summed E-state index contributed by atoms with van der Waals surface area (Å²) in [5, 5.41) is 6.00. The number of ether oxygens (including phenoxy) is 1. The van der Waals surface area contributed by atoms with Crippen LogP contribution in [0.5, 0.6) is 11.5 Å². The second-order valence-electron chi connectivity index (χ2n) is 9.84. The van der Waals surface area contributed by atoms with Gasteiger partial charge in [-0.2, -0.15) is 0 Å². The largest absolute Gasteiger partial charge is 0.457 e. The minimum absolute atomic E-state index is 0.478. The summed E-state index contributed by atoms with van der Waals surface area (Å²) in [6.07, 6.45) is 0. The molecule has 2 nitrogen and oxygen atoms in total. The van der Waals surface area contributed by atoms with E-state index in [9.17, 15) is 0 Å². The predicted octanol–water partition coefficient (Wildman–Crippen LogP) is 9.05. The van der Waals surface area contributed by atoms with Gasteiger partial charge in [0.25, 0.3) is 0 Å². The standard InChI is InChI=1S/C35H23NO/c1-2-12-25(13-3-1)36-26-18-19-33-32(22-26)35(31-20-23-10-4-5-11-24(23)21-34(31)37-33)29-16-8-6-14-27(29)28-15-7-9-17-30(28)35/h1-22,36H. The van der Waals surface area contributed by atoms with E-state index in [4.69, 9.17) is 4.74 Å². The van der Waals surface area contributed by atoms with Gasteiger partial charge in [0.1, 0.15) is 11.5 Å². The average molecular weight is 474 g/mol. The summed E-state index contributed by atoms with van der Waals surface area (Å²) in [6, 6.07) is 47.6. The van der Waals surface area contributed by atoms with Crippen LogP contribution < -0.4 is 10.1 Å². The van der Waals surface area contributed by atoms with Gasteiger partial charge in [-0.1, -0.05) is 91.0 Å².